The second-order valence-electron chi connectivity index (χ2n) is 6.51. The molecule has 9 nitrogen and oxygen atoms in total. The van der Waals surface area contributed by atoms with Gasteiger partial charge in [-0.1, -0.05) is 0 Å². The zero-order valence-corrected chi connectivity index (χ0v) is 16.7. The van der Waals surface area contributed by atoms with E-state index in [1.165, 1.54) is 16.4 Å². The molecular formula is C16H25ClN4O5S. The molecule has 0 radical (unpaired) electrons. The third kappa shape index (κ3) is 6.13. The molecule has 1 aromatic rings. The van der Waals surface area contributed by atoms with Crippen molar-refractivity contribution in [3.05, 3.63) is 34.4 Å². The van der Waals surface area contributed by atoms with Crippen molar-refractivity contribution in [1.82, 2.24) is 9.62 Å². The Balaban J connectivity index is 0.00000364. The maximum atomic E-state index is 12.7. The highest BCUT2D eigenvalue weighted by atomic mass is 35.5. The quantitative estimate of drug-likeness (QED) is 0.503. The van der Waals surface area contributed by atoms with Crippen LogP contribution in [0.2, 0.25) is 0 Å². The van der Waals surface area contributed by atoms with Gasteiger partial charge in [-0.25, -0.2) is 8.42 Å². The van der Waals surface area contributed by atoms with Crippen LogP contribution in [0.1, 0.15) is 26.2 Å². The number of nitro benzene ring substituents is 1. The SMILES string of the molecule is CC(N)CCNC(=O)C1CCCN(S(=O)(=O)c2ccc([N+](=O)[O-])cc2)C1.Cl. The van der Waals surface area contributed by atoms with Crippen LogP contribution in [0.5, 0.6) is 0 Å². The van der Waals surface area contributed by atoms with Gasteiger partial charge >= 0.3 is 0 Å². The van der Waals surface area contributed by atoms with Crippen molar-refractivity contribution in [2.45, 2.75) is 37.1 Å². The van der Waals surface area contributed by atoms with Crippen molar-refractivity contribution in [3.8, 4) is 0 Å². The molecule has 0 saturated carbocycles. The largest absolute Gasteiger partial charge is 0.356 e. The molecule has 0 aromatic heterocycles. The molecule has 1 aliphatic rings. The lowest BCUT2D eigenvalue weighted by atomic mass is 9.99. The van der Waals surface area contributed by atoms with E-state index in [-0.39, 0.29) is 41.5 Å². The second-order valence-corrected chi connectivity index (χ2v) is 8.45. The van der Waals surface area contributed by atoms with Crippen LogP contribution in [0.3, 0.4) is 0 Å². The summed E-state index contributed by atoms with van der Waals surface area (Å²) in [6, 6.07) is 4.75. The van der Waals surface area contributed by atoms with Crippen LogP contribution < -0.4 is 11.1 Å². The summed E-state index contributed by atoms with van der Waals surface area (Å²) >= 11 is 0. The van der Waals surface area contributed by atoms with Gasteiger partial charge in [0, 0.05) is 37.8 Å². The number of nitrogens with zero attached hydrogens (tertiary/aromatic N) is 2. The van der Waals surface area contributed by atoms with E-state index in [1.54, 1.807) is 0 Å². The number of amides is 1. The van der Waals surface area contributed by atoms with Gasteiger partial charge in [-0.05, 0) is 38.3 Å². The fourth-order valence-corrected chi connectivity index (χ4v) is 4.35. The third-order valence-electron chi connectivity index (χ3n) is 4.34. The lowest BCUT2D eigenvalue weighted by molar-refractivity contribution is -0.384. The number of carbonyl (C=O) groups is 1. The number of nitrogens with two attached hydrogens (primary N) is 1. The van der Waals surface area contributed by atoms with Crippen LogP contribution in [-0.4, -0.2) is 49.2 Å². The average molecular weight is 421 g/mol. The number of hydrogen-bond acceptors (Lipinski definition) is 6. The minimum absolute atomic E-state index is 0. The van der Waals surface area contributed by atoms with Gasteiger partial charge in [0.05, 0.1) is 15.7 Å². The van der Waals surface area contributed by atoms with Gasteiger partial charge in [-0.3, -0.25) is 14.9 Å². The van der Waals surface area contributed by atoms with Crippen LogP contribution in [-0.2, 0) is 14.8 Å². The molecule has 2 rings (SSSR count). The molecule has 11 heteroatoms. The van der Waals surface area contributed by atoms with E-state index in [1.807, 2.05) is 6.92 Å². The van der Waals surface area contributed by atoms with E-state index in [0.29, 0.717) is 32.4 Å². The summed E-state index contributed by atoms with van der Waals surface area (Å²) < 4.78 is 26.8. The summed E-state index contributed by atoms with van der Waals surface area (Å²) in [5.74, 6) is -0.584. The first kappa shape index (κ1) is 23.3. The minimum atomic E-state index is -3.79. The molecule has 152 valence electrons. The summed E-state index contributed by atoms with van der Waals surface area (Å²) in [4.78, 5) is 22.4. The van der Waals surface area contributed by atoms with Gasteiger partial charge in [0.25, 0.3) is 5.69 Å². The summed E-state index contributed by atoms with van der Waals surface area (Å²) in [6.07, 6.45) is 1.86. The first-order valence-corrected chi connectivity index (χ1v) is 9.93. The second kappa shape index (κ2) is 9.98. The average Bonchev–Trinajstić information content (AvgIpc) is 2.61. The first-order valence-electron chi connectivity index (χ1n) is 8.49. The van der Waals surface area contributed by atoms with Crippen LogP contribution in [0, 0.1) is 16.0 Å². The molecule has 2 atom stereocenters. The molecule has 0 bridgehead atoms. The Morgan fingerprint density at radius 1 is 1.41 bits per heavy atom. The minimum Gasteiger partial charge on any atom is -0.356 e. The highest BCUT2D eigenvalue weighted by Crippen LogP contribution is 2.25. The predicted molar refractivity (Wildman–Crippen MR) is 103 cm³/mol. The Morgan fingerprint density at radius 2 is 2.04 bits per heavy atom. The monoisotopic (exact) mass is 420 g/mol. The molecule has 0 spiro atoms. The topological polar surface area (TPSA) is 136 Å². The predicted octanol–water partition coefficient (Wildman–Crippen LogP) is 1.27. The number of carbonyl (C=O) groups excluding carboxylic acids is 1. The summed E-state index contributed by atoms with van der Waals surface area (Å²) in [5.41, 5.74) is 5.48. The van der Waals surface area contributed by atoms with Crippen molar-refractivity contribution in [1.29, 1.82) is 0 Å². The van der Waals surface area contributed by atoms with Gasteiger partial charge in [-0.2, -0.15) is 4.31 Å². The van der Waals surface area contributed by atoms with Crippen LogP contribution in [0.4, 0.5) is 5.69 Å². The lowest BCUT2D eigenvalue weighted by Crippen LogP contribution is -2.45. The van der Waals surface area contributed by atoms with E-state index < -0.39 is 20.9 Å². The van der Waals surface area contributed by atoms with Crippen molar-refractivity contribution in [3.63, 3.8) is 0 Å². The zero-order chi connectivity index (χ0) is 19.3. The van der Waals surface area contributed by atoms with Gasteiger partial charge in [0.2, 0.25) is 15.9 Å². The Bertz CT molecular complexity index is 755. The first-order chi connectivity index (χ1) is 12.2. The number of nitro groups is 1. The molecule has 1 aromatic carbocycles. The number of piperidine rings is 1. The molecule has 1 heterocycles. The summed E-state index contributed by atoms with van der Waals surface area (Å²) in [5, 5.41) is 13.5. The number of sulfonamides is 1. The molecule has 0 aliphatic carbocycles. The smallest absolute Gasteiger partial charge is 0.269 e. The van der Waals surface area contributed by atoms with E-state index in [9.17, 15) is 23.3 Å². The van der Waals surface area contributed by atoms with Crippen LogP contribution >= 0.6 is 12.4 Å². The number of hydrogen-bond donors (Lipinski definition) is 2. The zero-order valence-electron chi connectivity index (χ0n) is 15.0. The Hall–Kier alpha value is -1.75. The van der Waals surface area contributed by atoms with Crippen molar-refractivity contribution in [2.24, 2.45) is 11.7 Å². The van der Waals surface area contributed by atoms with Gasteiger partial charge < -0.3 is 11.1 Å². The summed E-state index contributed by atoms with van der Waals surface area (Å²) in [7, 11) is -3.79. The fourth-order valence-electron chi connectivity index (χ4n) is 2.83. The highest BCUT2D eigenvalue weighted by Gasteiger charge is 2.33. The van der Waals surface area contributed by atoms with E-state index in [2.05, 4.69) is 5.32 Å². The Morgan fingerprint density at radius 3 is 2.59 bits per heavy atom. The molecule has 1 amide bonds. The molecule has 3 N–H and O–H groups in total. The summed E-state index contributed by atoms with van der Waals surface area (Å²) in [6.45, 7) is 2.74. The maximum Gasteiger partial charge on any atom is 0.269 e. The number of halogens is 1. The number of non-ortho nitro benzene ring substituents is 1. The lowest BCUT2D eigenvalue weighted by Gasteiger charge is -2.31. The standard InChI is InChI=1S/C16H24N4O5S.ClH/c1-12(17)8-9-18-16(21)13-3-2-10-19(11-13)26(24,25)15-6-4-14(5-7-15)20(22)23;/h4-7,12-13H,2-3,8-11,17H2,1H3,(H,18,21);1H. The molecule has 1 saturated heterocycles. The molecular weight excluding hydrogens is 396 g/mol. The molecule has 27 heavy (non-hydrogen) atoms. The van der Waals surface area contributed by atoms with Crippen LogP contribution in [0.15, 0.2) is 29.2 Å². The molecule has 1 aliphatic heterocycles. The van der Waals surface area contributed by atoms with E-state index in [4.69, 9.17) is 5.73 Å². The third-order valence-corrected chi connectivity index (χ3v) is 6.22. The van der Waals surface area contributed by atoms with Crippen LogP contribution in [0.25, 0.3) is 0 Å². The van der Waals surface area contributed by atoms with E-state index >= 15 is 0 Å². The van der Waals surface area contributed by atoms with Crippen molar-refractivity contribution in [2.75, 3.05) is 19.6 Å². The Labute approximate surface area is 164 Å². The Kier molecular flexibility index (Phi) is 8.60. The van der Waals surface area contributed by atoms with Crippen molar-refractivity contribution < 1.29 is 18.1 Å². The van der Waals surface area contributed by atoms with Gasteiger partial charge in [-0.15, -0.1) is 12.4 Å². The van der Waals surface area contributed by atoms with Gasteiger partial charge in [0.1, 0.15) is 0 Å². The van der Waals surface area contributed by atoms with Crippen molar-refractivity contribution >= 4 is 34.0 Å². The normalized spacial score (nSPS) is 19.0. The fraction of sp³-hybridized carbons (Fsp3) is 0.562. The maximum absolute atomic E-state index is 12.7. The van der Waals surface area contributed by atoms with Gasteiger partial charge in [0.15, 0.2) is 0 Å². The molecule has 2 unspecified atom stereocenters. The number of benzene rings is 1. The number of nitrogens with one attached hydrogen (secondary N) is 1. The number of rotatable bonds is 7. The molecule has 1 fully saturated rings. The van der Waals surface area contributed by atoms with E-state index in [0.717, 1.165) is 12.1 Å². The highest BCUT2D eigenvalue weighted by molar-refractivity contribution is 7.89.